The van der Waals surface area contributed by atoms with Crippen molar-refractivity contribution in [3.05, 3.63) is 59.7 Å². The van der Waals surface area contributed by atoms with Crippen LogP contribution in [0.3, 0.4) is 0 Å². The van der Waals surface area contributed by atoms with E-state index < -0.39 is 16.9 Å². The van der Waals surface area contributed by atoms with E-state index in [4.69, 9.17) is 4.74 Å². The Bertz CT molecular complexity index is 964. The SMILES string of the molecule is CCOc1ccccc1-n1nnnc1SC(C)C(=O)c1ccc(F)c(F)c1. The van der Waals surface area contributed by atoms with Gasteiger partial charge in [0.05, 0.1) is 11.9 Å². The molecule has 0 saturated heterocycles. The number of carbonyl (C=O) groups excluding carboxylic acids is 1. The zero-order valence-electron chi connectivity index (χ0n) is 14.6. The summed E-state index contributed by atoms with van der Waals surface area (Å²) in [5, 5.41) is 11.4. The Morgan fingerprint density at radius 1 is 1.22 bits per heavy atom. The van der Waals surface area contributed by atoms with Crippen molar-refractivity contribution in [1.29, 1.82) is 0 Å². The number of benzene rings is 2. The first-order valence-corrected chi connectivity index (χ1v) is 9.05. The Kier molecular flexibility index (Phi) is 5.80. The van der Waals surface area contributed by atoms with Crippen LogP contribution in [0, 0.1) is 11.6 Å². The standard InChI is InChI=1S/C18H16F2N4O2S/c1-3-26-16-7-5-4-6-15(16)24-18(21-22-23-24)27-11(2)17(25)12-8-9-13(19)14(20)10-12/h4-11H,3H2,1-2H3. The lowest BCUT2D eigenvalue weighted by atomic mass is 10.1. The van der Waals surface area contributed by atoms with Crippen molar-refractivity contribution in [3.63, 3.8) is 0 Å². The van der Waals surface area contributed by atoms with Crippen LogP contribution in [0.4, 0.5) is 8.78 Å². The van der Waals surface area contributed by atoms with E-state index in [1.807, 2.05) is 19.1 Å². The molecule has 0 amide bonds. The van der Waals surface area contributed by atoms with Crippen LogP contribution in [0.2, 0.25) is 0 Å². The highest BCUT2D eigenvalue weighted by atomic mass is 32.2. The number of thioether (sulfide) groups is 1. The summed E-state index contributed by atoms with van der Waals surface area (Å²) < 4.78 is 33.5. The van der Waals surface area contributed by atoms with Crippen LogP contribution in [-0.2, 0) is 0 Å². The second-order valence-electron chi connectivity index (χ2n) is 5.53. The van der Waals surface area contributed by atoms with E-state index in [0.29, 0.717) is 23.2 Å². The fraction of sp³-hybridized carbons (Fsp3) is 0.222. The molecule has 3 aromatic rings. The molecule has 0 bridgehead atoms. The Labute approximate surface area is 158 Å². The third kappa shape index (κ3) is 4.13. The van der Waals surface area contributed by atoms with Gasteiger partial charge in [-0.25, -0.2) is 8.78 Å². The highest BCUT2D eigenvalue weighted by Crippen LogP contribution is 2.29. The third-order valence-electron chi connectivity index (χ3n) is 3.69. The fourth-order valence-corrected chi connectivity index (χ4v) is 3.29. The van der Waals surface area contributed by atoms with Crippen molar-refractivity contribution in [2.24, 2.45) is 0 Å². The highest BCUT2D eigenvalue weighted by Gasteiger charge is 2.22. The molecule has 140 valence electrons. The van der Waals surface area contributed by atoms with Gasteiger partial charge in [-0.15, -0.1) is 5.10 Å². The number of para-hydroxylation sites is 2. The van der Waals surface area contributed by atoms with Crippen LogP contribution in [-0.4, -0.2) is 37.8 Å². The van der Waals surface area contributed by atoms with Crippen molar-refractivity contribution < 1.29 is 18.3 Å². The summed E-state index contributed by atoms with van der Waals surface area (Å²) >= 11 is 1.12. The molecule has 6 nitrogen and oxygen atoms in total. The van der Waals surface area contributed by atoms with E-state index >= 15 is 0 Å². The minimum Gasteiger partial charge on any atom is -0.492 e. The van der Waals surface area contributed by atoms with E-state index in [0.717, 1.165) is 23.9 Å². The van der Waals surface area contributed by atoms with Gasteiger partial charge in [-0.3, -0.25) is 4.79 Å². The molecule has 1 heterocycles. The molecule has 0 radical (unpaired) electrons. The van der Waals surface area contributed by atoms with Crippen molar-refractivity contribution in [1.82, 2.24) is 20.2 Å². The normalized spacial score (nSPS) is 12.0. The Morgan fingerprint density at radius 2 is 2.00 bits per heavy atom. The first kappa shape index (κ1) is 19.0. The predicted molar refractivity (Wildman–Crippen MR) is 96.3 cm³/mol. The zero-order chi connectivity index (χ0) is 19.4. The van der Waals surface area contributed by atoms with Crippen LogP contribution >= 0.6 is 11.8 Å². The molecule has 0 fully saturated rings. The fourth-order valence-electron chi connectivity index (χ4n) is 2.41. The quantitative estimate of drug-likeness (QED) is 0.453. The molecule has 0 aliphatic rings. The van der Waals surface area contributed by atoms with Gasteiger partial charge in [0.25, 0.3) is 0 Å². The summed E-state index contributed by atoms with van der Waals surface area (Å²) in [6.07, 6.45) is 0. The topological polar surface area (TPSA) is 69.9 Å². The van der Waals surface area contributed by atoms with Crippen LogP contribution in [0.5, 0.6) is 5.75 Å². The van der Waals surface area contributed by atoms with Crippen molar-refractivity contribution in [3.8, 4) is 11.4 Å². The van der Waals surface area contributed by atoms with Crippen LogP contribution < -0.4 is 4.74 Å². The Balaban J connectivity index is 1.84. The van der Waals surface area contributed by atoms with E-state index in [9.17, 15) is 13.6 Å². The van der Waals surface area contributed by atoms with E-state index in [1.54, 1.807) is 19.1 Å². The molecule has 0 aliphatic carbocycles. The second-order valence-corrected chi connectivity index (χ2v) is 6.84. The molecule has 9 heteroatoms. The lowest BCUT2D eigenvalue weighted by Gasteiger charge is -2.12. The number of carbonyl (C=O) groups is 1. The van der Waals surface area contributed by atoms with Gasteiger partial charge in [-0.1, -0.05) is 23.9 Å². The van der Waals surface area contributed by atoms with Crippen LogP contribution in [0.15, 0.2) is 47.6 Å². The Hall–Kier alpha value is -2.81. The smallest absolute Gasteiger partial charge is 0.214 e. The molecule has 1 atom stereocenters. The largest absolute Gasteiger partial charge is 0.492 e. The van der Waals surface area contributed by atoms with Gasteiger partial charge < -0.3 is 4.74 Å². The van der Waals surface area contributed by atoms with E-state index in [-0.39, 0.29) is 11.3 Å². The minimum absolute atomic E-state index is 0.0858. The number of halogens is 2. The zero-order valence-corrected chi connectivity index (χ0v) is 15.4. The monoisotopic (exact) mass is 390 g/mol. The van der Waals surface area contributed by atoms with Gasteiger partial charge >= 0.3 is 0 Å². The molecular weight excluding hydrogens is 374 g/mol. The van der Waals surface area contributed by atoms with Gasteiger partial charge in [-0.2, -0.15) is 4.68 Å². The molecule has 2 aromatic carbocycles. The lowest BCUT2D eigenvalue weighted by molar-refractivity contribution is 0.0993. The highest BCUT2D eigenvalue weighted by molar-refractivity contribution is 8.00. The average molecular weight is 390 g/mol. The molecule has 0 spiro atoms. The van der Waals surface area contributed by atoms with Gasteiger partial charge in [0.15, 0.2) is 17.4 Å². The number of hydrogen-bond acceptors (Lipinski definition) is 6. The van der Waals surface area contributed by atoms with Crippen LogP contribution in [0.1, 0.15) is 24.2 Å². The van der Waals surface area contributed by atoms with Crippen molar-refractivity contribution >= 4 is 17.5 Å². The number of Topliss-reactive ketones (excluding diaryl/α,β-unsaturated/α-hetero) is 1. The maximum Gasteiger partial charge on any atom is 0.214 e. The van der Waals surface area contributed by atoms with Crippen molar-refractivity contribution in [2.75, 3.05) is 6.61 Å². The Morgan fingerprint density at radius 3 is 2.74 bits per heavy atom. The molecule has 0 saturated carbocycles. The number of hydrogen-bond donors (Lipinski definition) is 0. The van der Waals surface area contributed by atoms with Gasteiger partial charge in [0, 0.05) is 5.56 Å². The second kappa shape index (κ2) is 8.26. The maximum absolute atomic E-state index is 13.4. The van der Waals surface area contributed by atoms with E-state index in [2.05, 4.69) is 15.5 Å². The summed E-state index contributed by atoms with van der Waals surface area (Å²) in [7, 11) is 0. The number of tetrazole rings is 1. The molecule has 27 heavy (non-hydrogen) atoms. The van der Waals surface area contributed by atoms with Gasteiger partial charge in [0.2, 0.25) is 5.16 Å². The number of ketones is 1. The van der Waals surface area contributed by atoms with E-state index in [1.165, 1.54) is 10.7 Å². The summed E-state index contributed by atoms with van der Waals surface area (Å²) in [5.41, 5.74) is 0.724. The van der Waals surface area contributed by atoms with Gasteiger partial charge in [0.1, 0.15) is 11.4 Å². The minimum atomic E-state index is -1.06. The molecule has 0 N–H and O–H groups in total. The summed E-state index contributed by atoms with van der Waals surface area (Å²) in [5.74, 6) is -1.81. The van der Waals surface area contributed by atoms with Gasteiger partial charge in [-0.05, 0) is 54.6 Å². The molecule has 0 aliphatic heterocycles. The molecule has 1 aromatic heterocycles. The average Bonchev–Trinajstić information content (AvgIpc) is 3.12. The summed E-state index contributed by atoms with van der Waals surface area (Å²) in [6, 6.07) is 10.3. The maximum atomic E-state index is 13.4. The predicted octanol–water partition coefficient (Wildman–Crippen LogP) is 3.70. The molecular formula is C18H16F2N4O2S. The number of nitrogens with zero attached hydrogens (tertiary/aromatic N) is 4. The molecule has 1 unspecified atom stereocenters. The summed E-state index contributed by atoms with van der Waals surface area (Å²) in [4.78, 5) is 12.5. The number of ether oxygens (including phenoxy) is 1. The summed E-state index contributed by atoms with van der Waals surface area (Å²) in [6.45, 7) is 4.00. The first-order valence-electron chi connectivity index (χ1n) is 8.17. The first-order chi connectivity index (χ1) is 13.0. The molecule has 3 rings (SSSR count). The lowest BCUT2D eigenvalue weighted by Crippen LogP contribution is -2.15. The number of rotatable bonds is 7. The van der Waals surface area contributed by atoms with Crippen LogP contribution in [0.25, 0.3) is 5.69 Å². The van der Waals surface area contributed by atoms with Crippen molar-refractivity contribution in [2.45, 2.75) is 24.3 Å². The third-order valence-corrected chi connectivity index (χ3v) is 4.72. The number of aromatic nitrogens is 4.